The number of hydrogen-bond donors (Lipinski definition) is 0. The normalized spacial score (nSPS) is 16.1. The van der Waals surface area contributed by atoms with Gasteiger partial charge < -0.3 is 4.74 Å². The molecule has 0 saturated heterocycles. The van der Waals surface area contributed by atoms with Crippen molar-refractivity contribution < 1.29 is 22.3 Å². The molecule has 0 spiro atoms. The van der Waals surface area contributed by atoms with Crippen LogP contribution in [0.25, 0.3) is 0 Å². The smallest absolute Gasteiger partial charge is 0.345 e. The Morgan fingerprint density at radius 3 is 1.75 bits per heavy atom. The lowest BCUT2D eigenvalue weighted by Crippen LogP contribution is -2.25. The zero-order chi connectivity index (χ0) is 6.78. The van der Waals surface area contributed by atoms with Crippen molar-refractivity contribution in [1.29, 1.82) is 0 Å². The molecule has 8 heavy (non-hydrogen) atoms. The molecule has 0 amide bonds. The maximum Gasteiger partial charge on any atom is 0.445 e. The van der Waals surface area contributed by atoms with Crippen molar-refractivity contribution in [2.45, 2.75) is 12.5 Å². The van der Waals surface area contributed by atoms with Gasteiger partial charge >= 0.3 is 6.18 Å². The van der Waals surface area contributed by atoms with Crippen molar-refractivity contribution in [1.82, 2.24) is 0 Å². The van der Waals surface area contributed by atoms with Crippen molar-refractivity contribution in [3.8, 4) is 0 Å². The second-order valence-electron chi connectivity index (χ2n) is 1.09. The fourth-order valence-electron chi connectivity index (χ4n) is 0.134. The van der Waals surface area contributed by atoms with Crippen LogP contribution >= 0.6 is 0 Å². The van der Waals surface area contributed by atoms with E-state index in [1.807, 2.05) is 0 Å². The van der Waals surface area contributed by atoms with E-state index in [1.54, 1.807) is 0 Å². The first kappa shape index (κ1) is 7.68. The van der Waals surface area contributed by atoms with Crippen LogP contribution in [0.4, 0.5) is 17.6 Å². The van der Waals surface area contributed by atoms with Crippen LogP contribution in [0.3, 0.4) is 0 Å². The monoisotopic (exact) mass is 132 g/mol. The summed E-state index contributed by atoms with van der Waals surface area (Å²) >= 11 is 0. The van der Waals surface area contributed by atoms with Gasteiger partial charge in [-0.1, -0.05) is 0 Å². The number of rotatable bonds is 1. The molecule has 0 N–H and O–H groups in total. The van der Waals surface area contributed by atoms with Gasteiger partial charge in [0.15, 0.2) is 0 Å². The molecule has 0 unspecified atom stereocenters. The van der Waals surface area contributed by atoms with E-state index in [0.29, 0.717) is 7.11 Å². The van der Waals surface area contributed by atoms with Gasteiger partial charge in [0, 0.05) is 7.11 Å². The second kappa shape index (κ2) is 2.30. The first-order chi connectivity index (χ1) is 3.48. The first-order valence-electron chi connectivity index (χ1n) is 1.72. The van der Waals surface area contributed by atoms with Gasteiger partial charge in [-0.25, -0.2) is 4.39 Å². The third kappa shape index (κ3) is 2.11. The van der Waals surface area contributed by atoms with Gasteiger partial charge in [0.2, 0.25) is 0 Å². The van der Waals surface area contributed by atoms with Gasteiger partial charge in [-0.15, -0.1) is 0 Å². The van der Waals surface area contributed by atoms with E-state index in [2.05, 4.69) is 4.74 Å². The fraction of sp³-hybridized carbons (Fsp3) is 1.00. The maximum atomic E-state index is 11.3. The van der Waals surface area contributed by atoms with E-state index in [4.69, 9.17) is 0 Å². The van der Waals surface area contributed by atoms with Gasteiger partial charge in [-0.05, 0) is 0 Å². The highest BCUT2D eigenvalue weighted by Gasteiger charge is 2.40. The molecule has 0 aliphatic carbocycles. The highest BCUT2D eigenvalue weighted by molar-refractivity contribution is 4.51. The maximum absolute atomic E-state index is 11.3. The Balaban J connectivity index is 3.62. The van der Waals surface area contributed by atoms with Crippen LogP contribution in [0.1, 0.15) is 0 Å². The number of halogens is 4. The van der Waals surface area contributed by atoms with E-state index in [9.17, 15) is 17.6 Å². The summed E-state index contributed by atoms with van der Waals surface area (Å²) in [5.74, 6) is 0. The SMILES string of the molecule is CO[C@@H](F)C(F)(F)F. The minimum atomic E-state index is -4.88. The lowest BCUT2D eigenvalue weighted by molar-refractivity contribution is -0.256. The quantitative estimate of drug-likeness (QED) is 0.491. The predicted molar refractivity (Wildman–Crippen MR) is 18.0 cm³/mol. The molecule has 0 fully saturated rings. The highest BCUT2D eigenvalue weighted by atomic mass is 19.4. The molecule has 1 atom stereocenters. The zero-order valence-corrected chi connectivity index (χ0v) is 4.00. The Bertz CT molecular complexity index is 68.2. The van der Waals surface area contributed by atoms with Crippen LogP contribution in [0, 0.1) is 0 Å². The van der Waals surface area contributed by atoms with Gasteiger partial charge in [0.25, 0.3) is 6.36 Å². The molecule has 0 saturated carbocycles. The largest absolute Gasteiger partial charge is 0.445 e. The van der Waals surface area contributed by atoms with Crippen molar-refractivity contribution in [3.63, 3.8) is 0 Å². The third-order valence-corrected chi connectivity index (χ3v) is 0.464. The fourth-order valence-corrected chi connectivity index (χ4v) is 0.134. The average Bonchev–Trinajstić information content (AvgIpc) is 1.62. The van der Waals surface area contributed by atoms with E-state index in [0.717, 1.165) is 0 Å². The van der Waals surface area contributed by atoms with Crippen LogP contribution in [-0.4, -0.2) is 19.6 Å². The Labute approximate surface area is 43.2 Å². The molecule has 0 aromatic heterocycles. The molecule has 50 valence electrons. The summed E-state index contributed by atoms with van der Waals surface area (Å²) in [4.78, 5) is 0. The standard InChI is InChI=1S/C3H4F4O/c1-8-2(4)3(5,6)7/h2H,1H3/t2-/m1/s1. The summed E-state index contributed by atoms with van der Waals surface area (Å²) in [6, 6.07) is 0. The number of hydrogen-bond acceptors (Lipinski definition) is 1. The minimum Gasteiger partial charge on any atom is -0.345 e. The van der Waals surface area contributed by atoms with E-state index in [1.165, 1.54) is 0 Å². The summed E-state index contributed by atoms with van der Waals surface area (Å²) < 4.78 is 47.5. The van der Waals surface area contributed by atoms with Gasteiger partial charge in [0.05, 0.1) is 0 Å². The van der Waals surface area contributed by atoms with Crippen molar-refractivity contribution in [3.05, 3.63) is 0 Å². The molecule has 0 aromatic carbocycles. The summed E-state index contributed by atoms with van der Waals surface area (Å²) in [6.07, 6.45) is -8.03. The summed E-state index contributed by atoms with van der Waals surface area (Å²) in [5, 5.41) is 0. The molecule has 0 bridgehead atoms. The van der Waals surface area contributed by atoms with E-state index < -0.39 is 12.5 Å². The average molecular weight is 132 g/mol. The number of alkyl halides is 4. The Hall–Kier alpha value is -0.320. The Morgan fingerprint density at radius 1 is 1.38 bits per heavy atom. The summed E-state index contributed by atoms with van der Waals surface area (Å²) in [6.45, 7) is 0. The topological polar surface area (TPSA) is 9.23 Å². The van der Waals surface area contributed by atoms with Crippen molar-refractivity contribution in [2.24, 2.45) is 0 Å². The molecule has 0 aliphatic rings. The van der Waals surface area contributed by atoms with Crippen LogP contribution in [0.5, 0.6) is 0 Å². The molecule has 5 heteroatoms. The molecule has 0 radical (unpaired) electrons. The molecule has 0 rings (SSSR count). The number of methoxy groups -OCH3 is 1. The van der Waals surface area contributed by atoms with E-state index >= 15 is 0 Å². The Morgan fingerprint density at radius 2 is 1.75 bits per heavy atom. The van der Waals surface area contributed by atoms with Crippen LogP contribution in [0.2, 0.25) is 0 Å². The molecular formula is C3H4F4O. The summed E-state index contributed by atoms with van der Waals surface area (Å²) in [7, 11) is 0.651. The number of ether oxygens (including phenoxy) is 1. The van der Waals surface area contributed by atoms with Crippen LogP contribution < -0.4 is 0 Å². The minimum absolute atomic E-state index is 0.651. The van der Waals surface area contributed by atoms with Crippen molar-refractivity contribution >= 4 is 0 Å². The molecule has 0 aliphatic heterocycles. The molecule has 1 nitrogen and oxygen atoms in total. The first-order valence-corrected chi connectivity index (χ1v) is 1.72. The third-order valence-electron chi connectivity index (χ3n) is 0.464. The Kier molecular flexibility index (Phi) is 2.21. The van der Waals surface area contributed by atoms with E-state index in [-0.39, 0.29) is 0 Å². The van der Waals surface area contributed by atoms with Crippen molar-refractivity contribution in [2.75, 3.05) is 7.11 Å². The van der Waals surface area contributed by atoms with Gasteiger partial charge in [0.1, 0.15) is 0 Å². The van der Waals surface area contributed by atoms with Crippen LogP contribution in [0.15, 0.2) is 0 Å². The molecule has 0 heterocycles. The lowest BCUT2D eigenvalue weighted by Gasteiger charge is -2.08. The summed E-state index contributed by atoms with van der Waals surface area (Å²) in [5.41, 5.74) is 0. The van der Waals surface area contributed by atoms with Crippen LogP contribution in [-0.2, 0) is 4.74 Å². The van der Waals surface area contributed by atoms with Gasteiger partial charge in [-0.3, -0.25) is 0 Å². The molecular weight excluding hydrogens is 128 g/mol. The predicted octanol–water partition coefficient (Wildman–Crippen LogP) is 1.49. The molecule has 0 aromatic rings. The lowest BCUT2D eigenvalue weighted by atomic mass is 10.7. The van der Waals surface area contributed by atoms with Gasteiger partial charge in [-0.2, -0.15) is 13.2 Å². The highest BCUT2D eigenvalue weighted by Crippen LogP contribution is 2.22. The zero-order valence-electron chi connectivity index (χ0n) is 4.00. The second-order valence-corrected chi connectivity index (χ2v) is 1.09.